The smallest absolute Gasteiger partial charge is 0.250 e. The van der Waals surface area contributed by atoms with Crippen molar-refractivity contribution in [2.75, 3.05) is 13.6 Å². The quantitative estimate of drug-likeness (QED) is 0.691. The van der Waals surface area contributed by atoms with E-state index in [1.807, 2.05) is 10.6 Å². The Morgan fingerprint density at radius 1 is 1.28 bits per heavy atom. The number of aromatic nitrogens is 1. The molecule has 1 aliphatic carbocycles. The molecule has 1 saturated heterocycles. The zero-order chi connectivity index (χ0) is 12.4. The SMILES string of the molecule is C[C@H]1C[C@@H]2[C@@H]3Cn4c(cccc4=O)C(CN2C)C31. The van der Waals surface area contributed by atoms with E-state index in [0.717, 1.165) is 24.9 Å². The largest absolute Gasteiger partial charge is 0.312 e. The highest BCUT2D eigenvalue weighted by Gasteiger charge is 2.53. The molecule has 2 fully saturated rings. The summed E-state index contributed by atoms with van der Waals surface area (Å²) in [5.74, 6) is 2.86. The number of piperidine rings is 1. The standard InChI is InChI=1S/C15H20N2O/c1-9-6-13-11-8-17-12(4-3-5-14(17)18)10(15(9)11)7-16(13)2/h3-5,9-11,13,15H,6-8H2,1-2H3/t9-,10?,11-,13+,15?/m0/s1. The van der Waals surface area contributed by atoms with Crippen LogP contribution in [0.15, 0.2) is 23.0 Å². The zero-order valence-electron chi connectivity index (χ0n) is 11.0. The average Bonchev–Trinajstić information content (AvgIpc) is 2.60. The fourth-order valence-corrected chi connectivity index (χ4v) is 4.96. The van der Waals surface area contributed by atoms with Crippen LogP contribution in [0.2, 0.25) is 0 Å². The Balaban J connectivity index is 1.91. The monoisotopic (exact) mass is 244 g/mol. The van der Waals surface area contributed by atoms with Crippen LogP contribution in [0.25, 0.3) is 0 Å². The Morgan fingerprint density at radius 3 is 2.94 bits per heavy atom. The molecule has 96 valence electrons. The molecular weight excluding hydrogens is 224 g/mol. The molecule has 3 heterocycles. The molecule has 5 atom stereocenters. The molecule has 18 heavy (non-hydrogen) atoms. The van der Waals surface area contributed by atoms with Crippen LogP contribution in [0.1, 0.15) is 25.0 Å². The minimum absolute atomic E-state index is 0.193. The lowest BCUT2D eigenvalue weighted by Crippen LogP contribution is -2.52. The Morgan fingerprint density at radius 2 is 2.11 bits per heavy atom. The van der Waals surface area contributed by atoms with Crippen molar-refractivity contribution in [1.82, 2.24) is 9.47 Å². The molecule has 3 aliphatic rings. The van der Waals surface area contributed by atoms with Gasteiger partial charge in [0.1, 0.15) is 0 Å². The second-order valence-electron chi connectivity index (χ2n) is 6.47. The highest BCUT2D eigenvalue weighted by atomic mass is 16.1. The van der Waals surface area contributed by atoms with Gasteiger partial charge < -0.3 is 9.47 Å². The summed E-state index contributed by atoms with van der Waals surface area (Å²) >= 11 is 0. The molecule has 3 heteroatoms. The second-order valence-corrected chi connectivity index (χ2v) is 6.47. The molecule has 0 N–H and O–H groups in total. The number of hydrogen-bond acceptors (Lipinski definition) is 2. The summed E-state index contributed by atoms with van der Waals surface area (Å²) in [6, 6.07) is 6.50. The van der Waals surface area contributed by atoms with E-state index in [4.69, 9.17) is 0 Å². The van der Waals surface area contributed by atoms with E-state index in [1.54, 1.807) is 6.07 Å². The van der Waals surface area contributed by atoms with Gasteiger partial charge >= 0.3 is 0 Å². The van der Waals surface area contributed by atoms with Gasteiger partial charge in [0, 0.05) is 36.8 Å². The highest BCUT2D eigenvalue weighted by molar-refractivity contribution is 5.22. The van der Waals surface area contributed by atoms with E-state index in [0.29, 0.717) is 17.9 Å². The van der Waals surface area contributed by atoms with Crippen LogP contribution in [0.5, 0.6) is 0 Å². The predicted octanol–water partition coefficient (Wildman–Crippen LogP) is 1.53. The lowest BCUT2D eigenvalue weighted by Gasteiger charge is -2.47. The van der Waals surface area contributed by atoms with Crippen molar-refractivity contribution in [3.05, 3.63) is 34.2 Å². The van der Waals surface area contributed by atoms with Crippen molar-refractivity contribution in [2.24, 2.45) is 17.8 Å². The van der Waals surface area contributed by atoms with E-state index >= 15 is 0 Å². The molecule has 3 nitrogen and oxygen atoms in total. The fraction of sp³-hybridized carbons (Fsp3) is 0.667. The number of likely N-dealkylation sites (N-methyl/N-ethyl adjacent to an activating group) is 1. The lowest BCUT2D eigenvalue weighted by atomic mass is 9.72. The summed E-state index contributed by atoms with van der Waals surface area (Å²) in [5, 5.41) is 0. The van der Waals surface area contributed by atoms with Gasteiger partial charge in [0.15, 0.2) is 0 Å². The third kappa shape index (κ3) is 1.21. The maximum Gasteiger partial charge on any atom is 0.250 e. The molecule has 0 amide bonds. The number of hydrogen-bond donors (Lipinski definition) is 0. The first kappa shape index (κ1) is 10.8. The number of pyridine rings is 1. The molecule has 1 aromatic rings. The minimum atomic E-state index is 0.193. The average molecular weight is 244 g/mol. The topological polar surface area (TPSA) is 25.2 Å². The van der Waals surface area contributed by atoms with E-state index in [1.165, 1.54) is 12.1 Å². The van der Waals surface area contributed by atoms with Crippen LogP contribution in [0, 0.1) is 17.8 Å². The van der Waals surface area contributed by atoms with Gasteiger partial charge in [-0.3, -0.25) is 4.79 Å². The number of nitrogens with zero attached hydrogens (tertiary/aromatic N) is 2. The van der Waals surface area contributed by atoms with Gasteiger partial charge in [-0.05, 0) is 37.3 Å². The summed E-state index contributed by atoms with van der Waals surface area (Å²) < 4.78 is 2.05. The summed E-state index contributed by atoms with van der Waals surface area (Å²) in [5.41, 5.74) is 1.47. The van der Waals surface area contributed by atoms with Crippen molar-refractivity contribution < 1.29 is 0 Å². The third-order valence-corrected chi connectivity index (χ3v) is 5.63. The first-order valence-electron chi connectivity index (χ1n) is 7.07. The van der Waals surface area contributed by atoms with Crippen molar-refractivity contribution in [2.45, 2.75) is 31.8 Å². The third-order valence-electron chi connectivity index (χ3n) is 5.63. The first-order valence-corrected chi connectivity index (χ1v) is 7.07. The molecule has 0 radical (unpaired) electrons. The molecule has 4 rings (SSSR count). The molecular formula is C15H20N2O. The van der Waals surface area contributed by atoms with Crippen LogP contribution >= 0.6 is 0 Å². The van der Waals surface area contributed by atoms with Crippen molar-refractivity contribution in [3.8, 4) is 0 Å². The van der Waals surface area contributed by atoms with E-state index in [9.17, 15) is 4.79 Å². The Kier molecular flexibility index (Phi) is 2.08. The molecule has 2 aliphatic heterocycles. The van der Waals surface area contributed by atoms with Gasteiger partial charge in [-0.25, -0.2) is 0 Å². The van der Waals surface area contributed by atoms with Gasteiger partial charge in [0.05, 0.1) is 0 Å². The van der Waals surface area contributed by atoms with E-state index in [-0.39, 0.29) is 5.56 Å². The molecule has 0 spiro atoms. The molecule has 1 saturated carbocycles. The van der Waals surface area contributed by atoms with E-state index in [2.05, 4.69) is 24.9 Å². The first-order chi connectivity index (χ1) is 8.66. The van der Waals surface area contributed by atoms with E-state index < -0.39 is 0 Å². The van der Waals surface area contributed by atoms with Crippen molar-refractivity contribution in [3.63, 3.8) is 0 Å². The Bertz CT molecular complexity index is 550. The summed E-state index contributed by atoms with van der Waals surface area (Å²) in [7, 11) is 2.26. The summed E-state index contributed by atoms with van der Waals surface area (Å²) in [6.07, 6.45) is 1.31. The van der Waals surface area contributed by atoms with Crippen LogP contribution in [-0.4, -0.2) is 29.1 Å². The molecule has 1 aromatic heterocycles. The van der Waals surface area contributed by atoms with Gasteiger partial charge in [-0.1, -0.05) is 13.0 Å². The number of fused-ring (bicyclic) bond motifs is 2. The summed E-state index contributed by atoms with van der Waals surface area (Å²) in [4.78, 5) is 14.6. The minimum Gasteiger partial charge on any atom is -0.312 e. The maximum absolute atomic E-state index is 12.0. The maximum atomic E-state index is 12.0. The number of rotatable bonds is 0. The van der Waals surface area contributed by atoms with Crippen LogP contribution < -0.4 is 5.56 Å². The van der Waals surface area contributed by atoms with Gasteiger partial charge in [-0.2, -0.15) is 0 Å². The van der Waals surface area contributed by atoms with Gasteiger partial charge in [-0.15, -0.1) is 0 Å². The molecule has 4 bridgehead atoms. The zero-order valence-corrected chi connectivity index (χ0v) is 11.0. The number of likely N-dealkylation sites (tertiary alicyclic amines) is 1. The van der Waals surface area contributed by atoms with Gasteiger partial charge in [0.2, 0.25) is 0 Å². The second kappa shape index (κ2) is 3.47. The molecule has 0 aromatic carbocycles. The van der Waals surface area contributed by atoms with Crippen molar-refractivity contribution >= 4 is 0 Å². The predicted molar refractivity (Wildman–Crippen MR) is 70.6 cm³/mol. The highest BCUT2D eigenvalue weighted by Crippen LogP contribution is 2.53. The van der Waals surface area contributed by atoms with Crippen LogP contribution in [0.4, 0.5) is 0 Å². The summed E-state index contributed by atoms with van der Waals surface area (Å²) in [6.45, 7) is 4.47. The lowest BCUT2D eigenvalue weighted by molar-refractivity contribution is 0.0600. The Labute approximate surface area is 107 Å². The fourth-order valence-electron chi connectivity index (χ4n) is 4.96. The van der Waals surface area contributed by atoms with Crippen LogP contribution in [0.3, 0.4) is 0 Å². The van der Waals surface area contributed by atoms with Crippen LogP contribution in [-0.2, 0) is 6.54 Å². The normalized spacial score (nSPS) is 41.8. The molecule has 2 unspecified atom stereocenters. The van der Waals surface area contributed by atoms with Crippen molar-refractivity contribution in [1.29, 1.82) is 0 Å². The van der Waals surface area contributed by atoms with Gasteiger partial charge in [0.25, 0.3) is 5.56 Å². The Hall–Kier alpha value is -1.09.